The molecule has 16 heteroatoms. The molecular weight excluding hydrogens is 650 g/mol. The normalized spacial score (nSPS) is 23.3. The van der Waals surface area contributed by atoms with Gasteiger partial charge in [0.1, 0.15) is 29.0 Å². The second-order valence-electron chi connectivity index (χ2n) is 12.7. The molecule has 0 spiro atoms. The van der Waals surface area contributed by atoms with Crippen LogP contribution in [-0.2, 0) is 33.9 Å². The lowest BCUT2D eigenvalue weighted by atomic mass is 9.81. The largest absolute Gasteiger partial charge is 0.857 e. The fourth-order valence-corrected chi connectivity index (χ4v) is 7.52. The highest BCUT2D eigenvalue weighted by Crippen LogP contribution is 2.55. The number of aliphatic imine (C=N–C) groups is 3. The smallest absolute Gasteiger partial charge is 0.375 e. The van der Waals surface area contributed by atoms with E-state index in [4.69, 9.17) is 24.4 Å². The maximum absolute atomic E-state index is 13.2. The Morgan fingerprint density at radius 1 is 1.28 bits per heavy atom. The molecule has 1 aromatic carbocycles. The van der Waals surface area contributed by atoms with Crippen LogP contribution in [0.2, 0.25) is 0 Å². The fourth-order valence-electron chi connectivity index (χ4n) is 7.52. The highest BCUT2D eigenvalue weighted by Gasteiger charge is 2.48. The summed E-state index contributed by atoms with van der Waals surface area (Å²) in [6, 6.07) is 0. The number of nitrogens with zero attached hydrogens (tertiary/aromatic N) is 5. The number of carbonyl (C=O) groups is 2. The highest BCUT2D eigenvalue weighted by atomic mass is 16.6. The lowest BCUT2D eigenvalue weighted by molar-refractivity contribution is -0.730. The minimum atomic E-state index is -1.17. The molecule has 1 aliphatic carbocycles. The Bertz CT molecular complexity index is 1950. The monoisotopic (exact) mass is 687 g/mol. The van der Waals surface area contributed by atoms with Gasteiger partial charge in [0.05, 0.1) is 43.2 Å². The summed E-state index contributed by atoms with van der Waals surface area (Å²) in [7, 11) is 1.47. The molecule has 5 aliphatic rings. The number of aliphatic hydroxyl groups excluding tert-OH is 1. The predicted molar refractivity (Wildman–Crippen MR) is 176 cm³/mol. The maximum Gasteiger partial charge on any atom is 0.375 e. The number of aliphatic hydroxyl groups is 2. The number of hydrogen-bond donors (Lipinski definition) is 4. The molecule has 1 fully saturated rings. The zero-order valence-electron chi connectivity index (χ0n) is 27.8. The number of nitrogens with one attached hydrogen (secondary N) is 2. The first-order valence-electron chi connectivity index (χ1n) is 16.5. The highest BCUT2D eigenvalue weighted by molar-refractivity contribution is 6.66. The second-order valence-corrected chi connectivity index (χ2v) is 12.7. The van der Waals surface area contributed by atoms with Gasteiger partial charge in [0.2, 0.25) is 11.7 Å². The van der Waals surface area contributed by atoms with Crippen LogP contribution in [0.1, 0.15) is 56.2 Å². The van der Waals surface area contributed by atoms with Crippen LogP contribution in [0.25, 0.3) is 5.57 Å². The van der Waals surface area contributed by atoms with E-state index in [1.807, 2.05) is 0 Å². The number of ether oxygens (including phenoxy) is 4. The molecule has 2 aromatic rings. The van der Waals surface area contributed by atoms with Crippen LogP contribution in [0.3, 0.4) is 0 Å². The molecule has 50 heavy (non-hydrogen) atoms. The van der Waals surface area contributed by atoms with Crippen molar-refractivity contribution in [3.05, 3.63) is 46.5 Å². The molecule has 16 nitrogen and oxygen atoms in total. The number of carbonyl (C=O) groups excluding carboxylic acids is 2. The number of aromatic nitrogens is 2. The van der Waals surface area contributed by atoms with E-state index in [1.54, 1.807) is 36.9 Å². The van der Waals surface area contributed by atoms with Gasteiger partial charge in [-0.25, -0.2) is 19.7 Å². The molecular formula is C34H37N7O9. The topological polar surface area (TPSA) is 218 Å². The zero-order chi connectivity index (χ0) is 35.3. The molecule has 0 radical (unpaired) electrons. The molecule has 7 rings (SSSR count). The van der Waals surface area contributed by atoms with E-state index in [0.717, 1.165) is 25.7 Å². The third-order valence-electron chi connectivity index (χ3n) is 9.99. The quantitative estimate of drug-likeness (QED) is 0.196. The zero-order valence-corrected chi connectivity index (χ0v) is 27.8. The average Bonchev–Trinajstić information content (AvgIpc) is 3.92. The third kappa shape index (κ3) is 5.30. The van der Waals surface area contributed by atoms with Crippen LogP contribution in [-0.4, -0.2) is 87.5 Å². The number of fused-ring (bicyclic) bond motifs is 3. The van der Waals surface area contributed by atoms with Crippen molar-refractivity contribution in [2.45, 2.75) is 70.8 Å². The molecule has 1 aromatic heterocycles. The third-order valence-corrected chi connectivity index (χ3v) is 9.99. The number of guanidine groups is 1. The van der Waals surface area contributed by atoms with E-state index in [-0.39, 0.29) is 71.9 Å². The van der Waals surface area contributed by atoms with Gasteiger partial charge in [-0.3, -0.25) is 14.8 Å². The van der Waals surface area contributed by atoms with Gasteiger partial charge in [0.15, 0.2) is 18.7 Å². The van der Waals surface area contributed by atoms with E-state index in [1.165, 1.54) is 7.11 Å². The van der Waals surface area contributed by atoms with Gasteiger partial charge in [-0.05, 0) is 32.6 Å². The van der Waals surface area contributed by atoms with Crippen molar-refractivity contribution in [2.75, 3.05) is 20.4 Å². The summed E-state index contributed by atoms with van der Waals surface area (Å²) in [5.41, 5.74) is 0.242. The van der Waals surface area contributed by atoms with Crippen molar-refractivity contribution in [3.63, 3.8) is 0 Å². The van der Waals surface area contributed by atoms with E-state index in [2.05, 4.69) is 20.0 Å². The van der Waals surface area contributed by atoms with Crippen molar-refractivity contribution >= 4 is 47.2 Å². The van der Waals surface area contributed by atoms with Crippen molar-refractivity contribution in [3.8, 4) is 17.2 Å². The van der Waals surface area contributed by atoms with Crippen LogP contribution in [0, 0.1) is 11.3 Å². The minimum Gasteiger partial charge on any atom is -0.857 e. The Hall–Kier alpha value is -5.19. The molecule has 5 heterocycles. The Labute approximate surface area is 286 Å². The van der Waals surface area contributed by atoms with Crippen molar-refractivity contribution in [2.24, 2.45) is 20.9 Å². The van der Waals surface area contributed by atoms with Gasteiger partial charge in [-0.2, -0.15) is 9.98 Å². The number of allylic oxidation sites excluding steroid dienone is 3. The Morgan fingerprint density at radius 2 is 2.06 bits per heavy atom. The summed E-state index contributed by atoms with van der Waals surface area (Å²) in [5, 5.41) is 42.7. The van der Waals surface area contributed by atoms with Crippen molar-refractivity contribution in [1.82, 2.24) is 9.55 Å². The molecule has 262 valence electrons. The number of rotatable bonds is 10. The lowest BCUT2D eigenvalue weighted by Crippen LogP contribution is -3.10. The molecule has 4 N–H and O–H groups in total. The first-order valence-corrected chi connectivity index (χ1v) is 16.5. The van der Waals surface area contributed by atoms with Gasteiger partial charge in [0.25, 0.3) is 5.84 Å². The van der Waals surface area contributed by atoms with Crippen molar-refractivity contribution in [1.29, 1.82) is 5.41 Å². The van der Waals surface area contributed by atoms with Crippen LogP contribution >= 0.6 is 0 Å². The molecule has 0 amide bonds. The standard InChI is InChI=1S/C34H37N7O9/c1-4-48-31(45)28-20(14-42)18(9-11-40-12-10-36-33(40)41-16-37-24-29(41)38-32(35)39-30(24)44)23-26(47-3)19-13-22(34(2,46)17-7-5-6-8-17)49-25(19)21(15-43)27(23)50-28/h9-10,12,14,17,22,43,46H,4-8,11,13,15-16H2,1-3H3,(H2,35,39,44)/t22-,34-/m0/s1. The molecule has 0 bridgehead atoms. The van der Waals surface area contributed by atoms with Crippen LogP contribution in [0.15, 0.2) is 44.8 Å². The van der Waals surface area contributed by atoms with Gasteiger partial charge in [-0.1, -0.05) is 18.9 Å². The lowest BCUT2D eigenvalue weighted by Gasteiger charge is -2.35. The molecule has 3 atom stereocenters. The summed E-state index contributed by atoms with van der Waals surface area (Å²) in [5.74, 6) is -0.929. The SMILES string of the molecule is CCOC(=O)C1=C(C=O)C(=CCn2ccnc2[NH+]2CN=C3C([O-])=NC(=N)N=C32)c2c(OC)c3c(c(CO)c2O1)O[C@H]([C@@](C)(O)C1CCCC1)C3. The van der Waals surface area contributed by atoms with E-state index < -0.39 is 36.1 Å². The summed E-state index contributed by atoms with van der Waals surface area (Å²) in [6.45, 7) is 3.09. The van der Waals surface area contributed by atoms with Gasteiger partial charge >= 0.3 is 11.9 Å². The number of amidine groups is 1. The summed E-state index contributed by atoms with van der Waals surface area (Å²) >= 11 is 0. The second kappa shape index (κ2) is 12.9. The van der Waals surface area contributed by atoms with E-state index in [9.17, 15) is 24.9 Å². The number of quaternary nitrogens is 1. The van der Waals surface area contributed by atoms with Crippen LogP contribution in [0.5, 0.6) is 17.2 Å². The Kier molecular flexibility index (Phi) is 8.61. The number of esters is 1. The number of benzene rings is 1. The summed E-state index contributed by atoms with van der Waals surface area (Å²) in [4.78, 5) is 43.0. The molecule has 1 unspecified atom stereocenters. The van der Waals surface area contributed by atoms with Crippen LogP contribution < -0.4 is 24.2 Å². The number of methoxy groups -OCH3 is 1. The van der Waals surface area contributed by atoms with Crippen LogP contribution in [0.4, 0.5) is 5.95 Å². The Balaban J connectivity index is 1.34. The van der Waals surface area contributed by atoms with E-state index >= 15 is 0 Å². The predicted octanol–water partition coefficient (Wildman–Crippen LogP) is 0.155. The first kappa shape index (κ1) is 33.3. The average molecular weight is 688 g/mol. The summed E-state index contributed by atoms with van der Waals surface area (Å²) in [6.07, 6.45) is 8.89. The van der Waals surface area contributed by atoms with Crippen molar-refractivity contribution < 1.29 is 48.8 Å². The number of imidazole rings is 1. The first-order chi connectivity index (χ1) is 24.1. The summed E-state index contributed by atoms with van der Waals surface area (Å²) < 4.78 is 25.6. The number of hydrogen-bond acceptors (Lipinski definition) is 12. The minimum absolute atomic E-state index is 0.0172. The van der Waals surface area contributed by atoms with Gasteiger partial charge in [-0.15, -0.1) is 0 Å². The van der Waals surface area contributed by atoms with E-state index in [0.29, 0.717) is 39.8 Å². The van der Waals surface area contributed by atoms with Gasteiger partial charge in [0, 0.05) is 36.2 Å². The Morgan fingerprint density at radius 3 is 2.76 bits per heavy atom. The molecule has 4 aliphatic heterocycles. The maximum atomic E-state index is 13.2. The fraction of sp³-hybridized carbons (Fsp3) is 0.441. The number of aldehydes is 1. The molecule has 0 saturated heterocycles. The van der Waals surface area contributed by atoms with Gasteiger partial charge < -0.3 is 34.3 Å². The molecule has 1 saturated carbocycles.